The molecule has 10 heteroatoms. The average molecular weight is 434 g/mol. The lowest BCUT2D eigenvalue weighted by Crippen LogP contribution is -2.13. The van der Waals surface area contributed by atoms with Crippen LogP contribution < -0.4 is 20.1 Å². The van der Waals surface area contributed by atoms with Gasteiger partial charge in [-0.15, -0.1) is 11.3 Å². The van der Waals surface area contributed by atoms with Crippen molar-refractivity contribution in [1.82, 2.24) is 4.98 Å². The molecule has 0 unspecified atom stereocenters. The van der Waals surface area contributed by atoms with Gasteiger partial charge in [0, 0.05) is 23.4 Å². The second-order valence-corrected chi connectivity index (χ2v) is 8.85. The van der Waals surface area contributed by atoms with Gasteiger partial charge in [-0.2, -0.15) is 0 Å². The van der Waals surface area contributed by atoms with Crippen LogP contribution in [0.3, 0.4) is 0 Å². The van der Waals surface area contributed by atoms with Crippen LogP contribution in [0.5, 0.6) is 11.5 Å². The minimum Gasteiger partial charge on any atom is -0.497 e. The summed E-state index contributed by atoms with van der Waals surface area (Å²) in [6.07, 6.45) is 1.15. The molecule has 8 nitrogen and oxygen atoms in total. The zero-order chi connectivity index (χ0) is 21.0. The molecular formula is C19H19N3O5S2. The molecule has 0 atom stereocenters. The van der Waals surface area contributed by atoms with Gasteiger partial charge in [-0.05, 0) is 36.4 Å². The number of ether oxygens (including phenoxy) is 2. The largest absolute Gasteiger partial charge is 0.497 e. The van der Waals surface area contributed by atoms with Gasteiger partial charge >= 0.3 is 0 Å². The standard InChI is InChI=1S/C19H19N3O5S2/c1-26-13-6-9-17(27-2)15(10-13)21-18(23)16-11-28-19(22-16)20-12-4-7-14(8-5-12)29(3,24)25/h4-11H,1-3H3,(H,20,22)(H,21,23). The Morgan fingerprint density at radius 1 is 1.07 bits per heavy atom. The van der Waals surface area contributed by atoms with Crippen LogP contribution in [0.25, 0.3) is 0 Å². The smallest absolute Gasteiger partial charge is 0.275 e. The predicted octanol–water partition coefficient (Wildman–Crippen LogP) is 3.56. The van der Waals surface area contributed by atoms with Crippen molar-refractivity contribution < 1.29 is 22.7 Å². The number of carbonyl (C=O) groups is 1. The summed E-state index contributed by atoms with van der Waals surface area (Å²) in [6, 6.07) is 11.4. The highest BCUT2D eigenvalue weighted by molar-refractivity contribution is 7.90. The summed E-state index contributed by atoms with van der Waals surface area (Å²) < 4.78 is 33.5. The number of methoxy groups -OCH3 is 2. The molecule has 29 heavy (non-hydrogen) atoms. The summed E-state index contributed by atoms with van der Waals surface area (Å²) >= 11 is 1.25. The van der Waals surface area contributed by atoms with Crippen LogP contribution in [0.2, 0.25) is 0 Å². The van der Waals surface area contributed by atoms with Crippen LogP contribution in [0, 0.1) is 0 Å². The molecule has 0 bridgehead atoms. The first-order valence-electron chi connectivity index (χ1n) is 8.36. The number of nitrogens with zero attached hydrogens (tertiary/aromatic N) is 1. The quantitative estimate of drug-likeness (QED) is 0.587. The van der Waals surface area contributed by atoms with Gasteiger partial charge < -0.3 is 20.1 Å². The zero-order valence-corrected chi connectivity index (χ0v) is 17.6. The monoisotopic (exact) mass is 433 g/mol. The minimum atomic E-state index is -3.25. The SMILES string of the molecule is COc1ccc(OC)c(NC(=O)c2csc(Nc3ccc(S(C)(=O)=O)cc3)n2)c1. The van der Waals surface area contributed by atoms with Crippen LogP contribution in [0.4, 0.5) is 16.5 Å². The van der Waals surface area contributed by atoms with Crippen molar-refractivity contribution in [2.45, 2.75) is 4.90 Å². The van der Waals surface area contributed by atoms with E-state index >= 15 is 0 Å². The summed E-state index contributed by atoms with van der Waals surface area (Å²) in [5.41, 5.74) is 1.36. The topological polar surface area (TPSA) is 107 Å². The third kappa shape index (κ3) is 5.04. The number of carbonyl (C=O) groups excluding carboxylic acids is 1. The number of anilines is 3. The molecule has 0 aliphatic heterocycles. The van der Waals surface area contributed by atoms with Crippen LogP contribution in [-0.4, -0.2) is 39.8 Å². The van der Waals surface area contributed by atoms with Gasteiger partial charge in [-0.25, -0.2) is 13.4 Å². The fourth-order valence-corrected chi connectivity index (χ4v) is 3.78. The summed E-state index contributed by atoms with van der Waals surface area (Å²) in [5, 5.41) is 7.93. The van der Waals surface area contributed by atoms with E-state index in [0.29, 0.717) is 28.0 Å². The number of hydrogen-bond donors (Lipinski definition) is 2. The number of nitrogens with one attached hydrogen (secondary N) is 2. The second kappa shape index (κ2) is 8.50. The van der Waals surface area contributed by atoms with Crippen molar-refractivity contribution in [2.24, 2.45) is 0 Å². The highest BCUT2D eigenvalue weighted by Gasteiger charge is 2.15. The Labute approximate surface area is 172 Å². The molecule has 0 radical (unpaired) electrons. The van der Waals surface area contributed by atoms with Gasteiger partial charge in [0.2, 0.25) is 0 Å². The maximum atomic E-state index is 12.5. The fraction of sp³-hybridized carbons (Fsp3) is 0.158. The summed E-state index contributed by atoms with van der Waals surface area (Å²) in [7, 11) is -0.206. The van der Waals surface area contributed by atoms with Crippen molar-refractivity contribution in [3.8, 4) is 11.5 Å². The van der Waals surface area contributed by atoms with Crippen LogP contribution in [0.15, 0.2) is 52.7 Å². The van der Waals surface area contributed by atoms with Crippen molar-refractivity contribution in [1.29, 1.82) is 0 Å². The van der Waals surface area contributed by atoms with Crippen LogP contribution in [-0.2, 0) is 9.84 Å². The molecule has 3 rings (SSSR count). The lowest BCUT2D eigenvalue weighted by atomic mass is 10.2. The molecular weight excluding hydrogens is 414 g/mol. The van der Waals surface area contributed by atoms with E-state index in [9.17, 15) is 13.2 Å². The second-order valence-electron chi connectivity index (χ2n) is 5.98. The molecule has 3 aromatic rings. The lowest BCUT2D eigenvalue weighted by molar-refractivity contribution is 0.102. The average Bonchev–Trinajstić information content (AvgIpc) is 3.16. The summed E-state index contributed by atoms with van der Waals surface area (Å²) in [5.74, 6) is 0.686. The molecule has 0 aliphatic carbocycles. The van der Waals surface area contributed by atoms with Crippen molar-refractivity contribution >= 4 is 43.6 Å². The van der Waals surface area contributed by atoms with Gasteiger partial charge in [-0.3, -0.25) is 4.79 Å². The van der Waals surface area contributed by atoms with E-state index in [2.05, 4.69) is 15.6 Å². The first-order chi connectivity index (χ1) is 13.8. The molecule has 2 N–H and O–H groups in total. The lowest BCUT2D eigenvalue weighted by Gasteiger charge is -2.11. The van der Waals surface area contributed by atoms with Gasteiger partial charge in [0.1, 0.15) is 17.2 Å². The number of rotatable bonds is 7. The van der Waals surface area contributed by atoms with Crippen LogP contribution >= 0.6 is 11.3 Å². The van der Waals surface area contributed by atoms with E-state index in [-0.39, 0.29) is 10.6 Å². The Morgan fingerprint density at radius 3 is 2.41 bits per heavy atom. The highest BCUT2D eigenvalue weighted by atomic mass is 32.2. The number of benzene rings is 2. The number of hydrogen-bond acceptors (Lipinski definition) is 8. The number of thiazole rings is 1. The molecule has 0 spiro atoms. The van der Waals surface area contributed by atoms with Crippen molar-refractivity contribution in [3.05, 3.63) is 53.5 Å². The summed E-state index contributed by atoms with van der Waals surface area (Å²) in [4.78, 5) is 17.1. The molecule has 0 aliphatic rings. The number of amides is 1. The van der Waals surface area contributed by atoms with Gasteiger partial charge in [0.05, 0.1) is 24.8 Å². The number of sulfone groups is 1. The van der Waals surface area contributed by atoms with E-state index in [1.54, 1.807) is 35.7 Å². The molecule has 2 aromatic carbocycles. The molecule has 0 saturated carbocycles. The first kappa shape index (κ1) is 20.6. The molecule has 0 fully saturated rings. The Hall–Kier alpha value is -3.11. The first-order valence-corrected chi connectivity index (χ1v) is 11.1. The maximum Gasteiger partial charge on any atom is 0.275 e. The number of aromatic nitrogens is 1. The van der Waals surface area contributed by atoms with E-state index in [0.717, 1.165) is 6.26 Å². The van der Waals surface area contributed by atoms with E-state index in [4.69, 9.17) is 9.47 Å². The summed E-state index contributed by atoms with van der Waals surface area (Å²) in [6.45, 7) is 0. The van der Waals surface area contributed by atoms with Crippen molar-refractivity contribution in [3.63, 3.8) is 0 Å². The fourth-order valence-electron chi connectivity index (χ4n) is 2.44. The Bertz CT molecular complexity index is 1130. The van der Waals surface area contributed by atoms with Crippen molar-refractivity contribution in [2.75, 3.05) is 31.1 Å². The van der Waals surface area contributed by atoms with Gasteiger partial charge in [0.15, 0.2) is 15.0 Å². The molecule has 1 aromatic heterocycles. The van der Waals surface area contributed by atoms with E-state index < -0.39 is 15.7 Å². The van der Waals surface area contributed by atoms with Gasteiger partial charge in [-0.1, -0.05) is 0 Å². The zero-order valence-electron chi connectivity index (χ0n) is 15.9. The Morgan fingerprint density at radius 2 is 1.79 bits per heavy atom. The molecule has 1 heterocycles. The predicted molar refractivity (Wildman–Crippen MR) is 112 cm³/mol. The third-order valence-corrected chi connectivity index (χ3v) is 5.81. The Kier molecular flexibility index (Phi) is 6.04. The van der Waals surface area contributed by atoms with E-state index in [1.165, 1.54) is 37.7 Å². The minimum absolute atomic E-state index is 0.231. The molecule has 152 valence electrons. The third-order valence-electron chi connectivity index (χ3n) is 3.93. The maximum absolute atomic E-state index is 12.5. The van der Waals surface area contributed by atoms with E-state index in [1.807, 2.05) is 0 Å². The van der Waals surface area contributed by atoms with Crippen LogP contribution in [0.1, 0.15) is 10.5 Å². The molecule has 0 saturated heterocycles. The normalized spacial score (nSPS) is 11.0. The van der Waals surface area contributed by atoms with Gasteiger partial charge in [0.25, 0.3) is 5.91 Å². The highest BCUT2D eigenvalue weighted by Crippen LogP contribution is 2.30. The molecule has 1 amide bonds. The Balaban J connectivity index is 1.72.